The summed E-state index contributed by atoms with van der Waals surface area (Å²) in [5.41, 5.74) is 4.03. The Morgan fingerprint density at radius 2 is 1.91 bits per heavy atom. The van der Waals surface area contributed by atoms with Crippen LogP contribution in [-0.2, 0) is 0 Å². The number of halogens is 1. The predicted octanol–water partition coefficient (Wildman–Crippen LogP) is 3.77. The summed E-state index contributed by atoms with van der Waals surface area (Å²) in [5.74, 6) is 0.678. The van der Waals surface area contributed by atoms with Crippen molar-refractivity contribution in [3.8, 4) is 17.1 Å². The lowest BCUT2D eigenvalue weighted by Crippen LogP contribution is -1.99. The molecule has 0 bridgehead atoms. The zero-order valence-corrected chi connectivity index (χ0v) is 12.5. The van der Waals surface area contributed by atoms with Gasteiger partial charge < -0.3 is 4.98 Å². The third kappa shape index (κ3) is 2.07. The molecule has 0 unspecified atom stereocenters. The Balaban J connectivity index is 1.91. The number of nitrogens with one attached hydrogen (secondary N) is 1. The van der Waals surface area contributed by atoms with Crippen LogP contribution < -0.4 is 0 Å². The first-order valence-electron chi connectivity index (χ1n) is 6.85. The molecule has 4 aromatic rings. The summed E-state index contributed by atoms with van der Waals surface area (Å²) in [6.07, 6.45) is 1.90. The van der Waals surface area contributed by atoms with Gasteiger partial charge in [0, 0.05) is 27.7 Å². The van der Waals surface area contributed by atoms with Crippen molar-refractivity contribution in [3.05, 3.63) is 59.2 Å². The molecule has 1 N–H and O–H groups in total. The van der Waals surface area contributed by atoms with Crippen LogP contribution in [0.2, 0.25) is 5.02 Å². The lowest BCUT2D eigenvalue weighted by atomic mass is 10.1. The number of nitrogens with zero attached hydrogens (tertiary/aromatic N) is 4. The quantitative estimate of drug-likeness (QED) is 0.613. The molecule has 6 heteroatoms. The van der Waals surface area contributed by atoms with Gasteiger partial charge in [-0.25, -0.2) is 0 Å². The molecule has 2 aromatic heterocycles. The number of aryl methyl sites for hydroxylation is 1. The minimum atomic E-state index is 0.678. The van der Waals surface area contributed by atoms with Crippen molar-refractivity contribution in [2.45, 2.75) is 6.92 Å². The Morgan fingerprint density at radius 1 is 1.09 bits per heavy atom. The molecule has 0 amide bonds. The van der Waals surface area contributed by atoms with E-state index in [0.717, 1.165) is 22.2 Å². The Hall–Kier alpha value is -2.66. The molecule has 0 aliphatic rings. The zero-order chi connectivity index (χ0) is 15.1. The van der Waals surface area contributed by atoms with E-state index in [0.29, 0.717) is 10.8 Å². The topological polar surface area (TPSA) is 59.4 Å². The molecule has 108 valence electrons. The van der Waals surface area contributed by atoms with Crippen LogP contribution in [0.15, 0.2) is 48.7 Å². The number of benzene rings is 2. The van der Waals surface area contributed by atoms with Gasteiger partial charge in [-0.15, -0.1) is 5.10 Å². The average Bonchev–Trinajstić information content (AvgIpc) is 3.13. The minimum absolute atomic E-state index is 0.678. The second-order valence-electron chi connectivity index (χ2n) is 5.14. The highest BCUT2D eigenvalue weighted by atomic mass is 35.5. The molecule has 4 rings (SSSR count). The van der Waals surface area contributed by atoms with Crippen LogP contribution in [0.1, 0.15) is 5.56 Å². The highest BCUT2D eigenvalue weighted by Gasteiger charge is 2.15. The van der Waals surface area contributed by atoms with E-state index >= 15 is 0 Å². The predicted molar refractivity (Wildman–Crippen MR) is 86.2 cm³/mol. The van der Waals surface area contributed by atoms with E-state index in [1.54, 1.807) is 4.68 Å². The maximum Gasteiger partial charge on any atom is 0.189 e. The number of aromatic nitrogens is 5. The van der Waals surface area contributed by atoms with Crippen molar-refractivity contribution in [1.29, 1.82) is 0 Å². The highest BCUT2D eigenvalue weighted by Crippen LogP contribution is 2.30. The van der Waals surface area contributed by atoms with Gasteiger partial charge in [0.15, 0.2) is 5.82 Å². The zero-order valence-electron chi connectivity index (χ0n) is 11.8. The van der Waals surface area contributed by atoms with Crippen LogP contribution in [0.4, 0.5) is 0 Å². The molecule has 0 radical (unpaired) electrons. The number of tetrazole rings is 1. The van der Waals surface area contributed by atoms with Crippen LogP contribution >= 0.6 is 11.6 Å². The molecule has 0 spiro atoms. The fraction of sp³-hybridized carbons (Fsp3) is 0.0625. The molecule has 0 aliphatic carbocycles. The summed E-state index contributed by atoms with van der Waals surface area (Å²) < 4.78 is 1.73. The largest absolute Gasteiger partial charge is 0.360 e. The first-order valence-corrected chi connectivity index (χ1v) is 7.22. The number of fused-ring (bicyclic) bond motifs is 1. The first kappa shape index (κ1) is 13.0. The van der Waals surface area contributed by atoms with Gasteiger partial charge in [-0.05, 0) is 47.7 Å². The minimum Gasteiger partial charge on any atom is -0.360 e. The molecular formula is C16H12ClN5. The van der Waals surface area contributed by atoms with Gasteiger partial charge in [0.1, 0.15) is 0 Å². The van der Waals surface area contributed by atoms with Gasteiger partial charge >= 0.3 is 0 Å². The Kier molecular flexibility index (Phi) is 2.94. The van der Waals surface area contributed by atoms with Crippen molar-refractivity contribution < 1.29 is 0 Å². The van der Waals surface area contributed by atoms with E-state index in [-0.39, 0.29) is 0 Å². The Bertz CT molecular complexity index is 952. The second-order valence-corrected chi connectivity index (χ2v) is 5.58. The van der Waals surface area contributed by atoms with Crippen molar-refractivity contribution in [2.24, 2.45) is 0 Å². The van der Waals surface area contributed by atoms with E-state index in [2.05, 4.69) is 20.5 Å². The molecule has 2 aromatic carbocycles. The van der Waals surface area contributed by atoms with Gasteiger partial charge in [-0.1, -0.05) is 29.3 Å². The highest BCUT2D eigenvalue weighted by molar-refractivity contribution is 6.31. The third-order valence-electron chi connectivity index (χ3n) is 3.63. The maximum atomic E-state index is 6.11. The summed E-state index contributed by atoms with van der Waals surface area (Å²) in [7, 11) is 0. The number of hydrogen-bond acceptors (Lipinski definition) is 3. The molecular weight excluding hydrogens is 298 g/mol. The van der Waals surface area contributed by atoms with Crippen molar-refractivity contribution in [2.75, 3.05) is 0 Å². The Morgan fingerprint density at radius 3 is 2.73 bits per heavy atom. The summed E-state index contributed by atoms with van der Waals surface area (Å²) in [6.45, 7) is 2.05. The second kappa shape index (κ2) is 4.96. The number of H-pyrrole nitrogens is 1. The SMILES string of the molecule is Cc1ccc(-n2nnnc2-c2c[nH]c3ccc(Cl)cc23)cc1. The van der Waals surface area contributed by atoms with Crippen LogP contribution in [0.5, 0.6) is 0 Å². The Labute approximate surface area is 131 Å². The molecule has 22 heavy (non-hydrogen) atoms. The van der Waals surface area contributed by atoms with Gasteiger partial charge in [-0.3, -0.25) is 0 Å². The number of rotatable bonds is 2. The van der Waals surface area contributed by atoms with Crippen molar-refractivity contribution in [3.63, 3.8) is 0 Å². The normalized spacial score (nSPS) is 11.2. The summed E-state index contributed by atoms with van der Waals surface area (Å²) in [6, 6.07) is 13.8. The van der Waals surface area contributed by atoms with Gasteiger partial charge in [0.05, 0.1) is 5.69 Å². The smallest absolute Gasteiger partial charge is 0.189 e. The first-order chi connectivity index (χ1) is 10.7. The third-order valence-corrected chi connectivity index (χ3v) is 3.87. The van der Waals surface area contributed by atoms with E-state index in [1.165, 1.54) is 5.56 Å². The van der Waals surface area contributed by atoms with E-state index in [4.69, 9.17) is 11.6 Å². The monoisotopic (exact) mass is 309 g/mol. The van der Waals surface area contributed by atoms with Crippen LogP contribution in [-0.4, -0.2) is 25.2 Å². The fourth-order valence-electron chi connectivity index (χ4n) is 2.49. The molecule has 0 fully saturated rings. The lowest BCUT2D eigenvalue weighted by molar-refractivity contribution is 0.791. The lowest BCUT2D eigenvalue weighted by Gasteiger charge is -2.04. The van der Waals surface area contributed by atoms with E-state index in [1.807, 2.05) is 55.6 Å². The van der Waals surface area contributed by atoms with Gasteiger partial charge in [-0.2, -0.15) is 4.68 Å². The van der Waals surface area contributed by atoms with Crippen LogP contribution in [0.3, 0.4) is 0 Å². The van der Waals surface area contributed by atoms with Crippen molar-refractivity contribution in [1.82, 2.24) is 25.2 Å². The number of aromatic amines is 1. The van der Waals surface area contributed by atoms with Gasteiger partial charge in [0.25, 0.3) is 0 Å². The van der Waals surface area contributed by atoms with E-state index < -0.39 is 0 Å². The molecule has 0 aliphatic heterocycles. The molecule has 0 saturated heterocycles. The van der Waals surface area contributed by atoms with Crippen molar-refractivity contribution >= 4 is 22.5 Å². The molecule has 0 atom stereocenters. The maximum absolute atomic E-state index is 6.11. The molecule has 5 nitrogen and oxygen atoms in total. The fourth-order valence-corrected chi connectivity index (χ4v) is 2.66. The van der Waals surface area contributed by atoms with E-state index in [9.17, 15) is 0 Å². The molecule has 2 heterocycles. The average molecular weight is 310 g/mol. The summed E-state index contributed by atoms with van der Waals surface area (Å²) >= 11 is 6.11. The van der Waals surface area contributed by atoms with Gasteiger partial charge in [0.2, 0.25) is 0 Å². The summed E-state index contributed by atoms with van der Waals surface area (Å²) in [5, 5.41) is 13.8. The number of hydrogen-bond donors (Lipinski definition) is 1. The summed E-state index contributed by atoms with van der Waals surface area (Å²) in [4.78, 5) is 3.22. The molecule has 0 saturated carbocycles. The van der Waals surface area contributed by atoms with Crippen LogP contribution in [0.25, 0.3) is 28.0 Å². The van der Waals surface area contributed by atoms with Crippen LogP contribution in [0, 0.1) is 6.92 Å². The standard InChI is InChI=1S/C16H12ClN5/c1-10-2-5-12(6-3-10)22-16(19-20-21-22)14-9-18-15-7-4-11(17)8-13(14)15/h2-9,18H,1H3.